The van der Waals surface area contributed by atoms with E-state index in [1.54, 1.807) is 0 Å². The second-order valence-electron chi connectivity index (χ2n) is 4.79. The molecule has 0 radical (unpaired) electrons. The Morgan fingerprint density at radius 1 is 1.38 bits per heavy atom. The first-order valence-corrected chi connectivity index (χ1v) is 6.10. The highest BCUT2D eigenvalue weighted by Gasteiger charge is 2.14. The standard InChI is InChI=1S/C14H21NO/c1-11-3-4-14(12(2)7-11)9-15-8-13-5-6-16-10-13/h3-4,7,13,15H,5-6,8-10H2,1-2H3. The van der Waals surface area contributed by atoms with Crippen LogP contribution in [0, 0.1) is 19.8 Å². The minimum Gasteiger partial charge on any atom is -0.381 e. The maximum Gasteiger partial charge on any atom is 0.0507 e. The number of hydrogen-bond donors (Lipinski definition) is 1. The first kappa shape index (κ1) is 11.6. The molecule has 0 aliphatic carbocycles. The van der Waals surface area contributed by atoms with Crippen LogP contribution in [0.15, 0.2) is 18.2 Å². The molecule has 0 amide bonds. The highest BCUT2D eigenvalue weighted by atomic mass is 16.5. The Hall–Kier alpha value is -0.860. The molecule has 1 atom stereocenters. The fourth-order valence-corrected chi connectivity index (χ4v) is 2.20. The summed E-state index contributed by atoms with van der Waals surface area (Å²) in [5, 5.41) is 3.52. The van der Waals surface area contributed by atoms with Crippen LogP contribution in [0.5, 0.6) is 0 Å². The molecule has 1 aromatic carbocycles. The first-order chi connectivity index (χ1) is 7.75. The van der Waals surface area contributed by atoms with E-state index in [9.17, 15) is 0 Å². The van der Waals surface area contributed by atoms with Crippen LogP contribution in [0.1, 0.15) is 23.1 Å². The van der Waals surface area contributed by atoms with Crippen molar-refractivity contribution in [2.75, 3.05) is 19.8 Å². The van der Waals surface area contributed by atoms with Crippen LogP contribution in [-0.4, -0.2) is 19.8 Å². The minimum atomic E-state index is 0.714. The van der Waals surface area contributed by atoms with Crippen molar-refractivity contribution in [1.29, 1.82) is 0 Å². The van der Waals surface area contributed by atoms with Gasteiger partial charge in [0.05, 0.1) is 6.61 Å². The van der Waals surface area contributed by atoms with Gasteiger partial charge in [0.1, 0.15) is 0 Å². The minimum absolute atomic E-state index is 0.714. The van der Waals surface area contributed by atoms with Crippen molar-refractivity contribution in [3.63, 3.8) is 0 Å². The summed E-state index contributed by atoms with van der Waals surface area (Å²) in [4.78, 5) is 0. The van der Waals surface area contributed by atoms with E-state index in [0.29, 0.717) is 5.92 Å². The average Bonchev–Trinajstić information content (AvgIpc) is 2.74. The lowest BCUT2D eigenvalue weighted by Gasteiger charge is -2.11. The number of nitrogens with one attached hydrogen (secondary N) is 1. The van der Waals surface area contributed by atoms with Crippen LogP contribution in [0.25, 0.3) is 0 Å². The summed E-state index contributed by atoms with van der Waals surface area (Å²) in [6.45, 7) is 8.24. The van der Waals surface area contributed by atoms with Gasteiger partial charge in [0.2, 0.25) is 0 Å². The molecule has 1 heterocycles. The van der Waals surface area contributed by atoms with Crippen LogP contribution >= 0.6 is 0 Å². The molecule has 1 aliphatic rings. The van der Waals surface area contributed by atoms with Gasteiger partial charge >= 0.3 is 0 Å². The van der Waals surface area contributed by atoms with Gasteiger partial charge in [-0.05, 0) is 37.3 Å². The van der Waals surface area contributed by atoms with Crippen LogP contribution < -0.4 is 5.32 Å². The van der Waals surface area contributed by atoms with E-state index in [1.165, 1.54) is 23.1 Å². The van der Waals surface area contributed by atoms with Gasteiger partial charge < -0.3 is 10.1 Å². The monoisotopic (exact) mass is 219 g/mol. The molecular formula is C14H21NO. The number of hydrogen-bond acceptors (Lipinski definition) is 2. The highest BCUT2D eigenvalue weighted by Crippen LogP contribution is 2.12. The van der Waals surface area contributed by atoms with Crippen LogP contribution in [-0.2, 0) is 11.3 Å². The maximum absolute atomic E-state index is 5.36. The fourth-order valence-electron chi connectivity index (χ4n) is 2.20. The van der Waals surface area contributed by atoms with E-state index in [1.807, 2.05) is 0 Å². The van der Waals surface area contributed by atoms with E-state index < -0.39 is 0 Å². The third kappa shape index (κ3) is 3.06. The molecule has 0 spiro atoms. The van der Waals surface area contributed by atoms with Gasteiger partial charge in [-0.3, -0.25) is 0 Å². The van der Waals surface area contributed by atoms with Crippen LogP contribution in [0.4, 0.5) is 0 Å². The third-order valence-corrected chi connectivity index (χ3v) is 3.27. The number of aryl methyl sites for hydroxylation is 2. The topological polar surface area (TPSA) is 21.3 Å². The first-order valence-electron chi connectivity index (χ1n) is 6.10. The van der Waals surface area contributed by atoms with Gasteiger partial charge in [-0.15, -0.1) is 0 Å². The molecular weight excluding hydrogens is 198 g/mol. The lowest BCUT2D eigenvalue weighted by atomic mass is 10.1. The summed E-state index contributed by atoms with van der Waals surface area (Å²) < 4.78 is 5.36. The predicted octanol–water partition coefficient (Wildman–Crippen LogP) is 2.43. The fraction of sp³-hybridized carbons (Fsp3) is 0.571. The van der Waals surface area contributed by atoms with E-state index in [0.717, 1.165) is 26.3 Å². The molecule has 0 saturated carbocycles. The number of ether oxygens (including phenoxy) is 1. The van der Waals surface area contributed by atoms with Crippen molar-refractivity contribution in [2.24, 2.45) is 5.92 Å². The maximum atomic E-state index is 5.36. The van der Waals surface area contributed by atoms with E-state index in [-0.39, 0.29) is 0 Å². The number of benzene rings is 1. The van der Waals surface area contributed by atoms with Gasteiger partial charge in [0.25, 0.3) is 0 Å². The summed E-state index contributed by atoms with van der Waals surface area (Å²) in [5.74, 6) is 0.714. The van der Waals surface area contributed by atoms with Crippen molar-refractivity contribution in [2.45, 2.75) is 26.8 Å². The molecule has 88 valence electrons. The lowest BCUT2D eigenvalue weighted by molar-refractivity contribution is 0.185. The van der Waals surface area contributed by atoms with Gasteiger partial charge in [0.15, 0.2) is 0 Å². The van der Waals surface area contributed by atoms with Gasteiger partial charge in [-0.1, -0.05) is 23.8 Å². The Morgan fingerprint density at radius 2 is 2.25 bits per heavy atom. The second kappa shape index (κ2) is 5.46. The smallest absolute Gasteiger partial charge is 0.0507 e. The molecule has 1 fully saturated rings. The van der Waals surface area contributed by atoms with Crippen molar-refractivity contribution in [3.05, 3.63) is 34.9 Å². The molecule has 1 saturated heterocycles. The Bertz CT molecular complexity index is 343. The molecule has 2 heteroatoms. The predicted molar refractivity (Wildman–Crippen MR) is 66.5 cm³/mol. The highest BCUT2D eigenvalue weighted by molar-refractivity contribution is 5.30. The third-order valence-electron chi connectivity index (χ3n) is 3.27. The quantitative estimate of drug-likeness (QED) is 0.839. The normalized spacial score (nSPS) is 20.2. The molecule has 1 aromatic rings. The Balaban J connectivity index is 1.80. The molecule has 2 nitrogen and oxygen atoms in total. The number of rotatable bonds is 4. The van der Waals surface area contributed by atoms with E-state index >= 15 is 0 Å². The molecule has 0 bridgehead atoms. The molecule has 1 N–H and O–H groups in total. The Morgan fingerprint density at radius 3 is 2.94 bits per heavy atom. The van der Waals surface area contributed by atoms with Crippen LogP contribution in [0.3, 0.4) is 0 Å². The second-order valence-corrected chi connectivity index (χ2v) is 4.79. The Labute approximate surface area is 98.0 Å². The molecule has 1 unspecified atom stereocenters. The average molecular weight is 219 g/mol. The van der Waals surface area contributed by atoms with Crippen molar-refractivity contribution >= 4 is 0 Å². The summed E-state index contributed by atoms with van der Waals surface area (Å²) in [5.41, 5.74) is 4.13. The summed E-state index contributed by atoms with van der Waals surface area (Å²) in [7, 11) is 0. The molecule has 16 heavy (non-hydrogen) atoms. The SMILES string of the molecule is Cc1ccc(CNCC2CCOC2)c(C)c1. The van der Waals surface area contributed by atoms with Crippen molar-refractivity contribution < 1.29 is 4.74 Å². The van der Waals surface area contributed by atoms with Gasteiger partial charge in [0, 0.05) is 19.7 Å². The Kier molecular flexibility index (Phi) is 3.97. The largest absolute Gasteiger partial charge is 0.381 e. The van der Waals surface area contributed by atoms with Crippen molar-refractivity contribution in [1.82, 2.24) is 5.32 Å². The molecule has 0 aromatic heterocycles. The molecule has 2 rings (SSSR count). The van der Waals surface area contributed by atoms with Gasteiger partial charge in [-0.2, -0.15) is 0 Å². The molecule has 1 aliphatic heterocycles. The zero-order valence-corrected chi connectivity index (χ0v) is 10.3. The van der Waals surface area contributed by atoms with Gasteiger partial charge in [-0.25, -0.2) is 0 Å². The zero-order valence-electron chi connectivity index (χ0n) is 10.3. The van der Waals surface area contributed by atoms with E-state index in [4.69, 9.17) is 4.74 Å². The lowest BCUT2D eigenvalue weighted by Crippen LogP contribution is -2.22. The summed E-state index contributed by atoms with van der Waals surface area (Å²) in [6.07, 6.45) is 1.21. The van der Waals surface area contributed by atoms with E-state index in [2.05, 4.69) is 37.4 Å². The summed E-state index contributed by atoms with van der Waals surface area (Å²) in [6, 6.07) is 6.65. The van der Waals surface area contributed by atoms with Crippen LogP contribution in [0.2, 0.25) is 0 Å². The summed E-state index contributed by atoms with van der Waals surface area (Å²) >= 11 is 0. The zero-order chi connectivity index (χ0) is 11.4. The van der Waals surface area contributed by atoms with Crippen molar-refractivity contribution in [3.8, 4) is 0 Å².